The van der Waals surface area contributed by atoms with Gasteiger partial charge in [-0.1, -0.05) is 48.0 Å². The average Bonchev–Trinajstić information content (AvgIpc) is 4.08. The molecule has 9 aromatic heterocycles. The number of aromatic amines is 1. The molecule has 0 aliphatic carbocycles. The summed E-state index contributed by atoms with van der Waals surface area (Å²) >= 11 is 28.0. The maximum absolute atomic E-state index is 12.7. The summed E-state index contributed by atoms with van der Waals surface area (Å²) in [4.78, 5) is 51.0. The standard InChI is InChI=1S/C44H27N3O2S12/c1-3-46-41(48)37(60-43(46)50)17-21-5-7-25(52-21)27-9-11-29(54-27)31-13-15-33(56-31)35-19-23-39(58-35)40-24(45-23)20-36(59-40)34-16-14-32(57-34)30-12-10-28(55-30)26-8-6-22(53-26)18-38-42(49)47(4-2)44(51)61-38/h5-20,45H,3-4H2,1-2H3/b37-17-,38-18-. The van der Waals surface area contributed by atoms with E-state index in [1.165, 1.54) is 102 Å². The van der Waals surface area contributed by atoms with E-state index in [9.17, 15) is 9.59 Å². The normalized spacial score (nSPS) is 16.2. The lowest BCUT2D eigenvalue weighted by molar-refractivity contribution is -0.122. The number of hydrogen-bond donors (Lipinski definition) is 1. The van der Waals surface area contributed by atoms with Gasteiger partial charge in [0.05, 0.1) is 30.2 Å². The molecule has 5 nitrogen and oxygen atoms in total. The number of rotatable bonds is 10. The molecule has 0 radical (unpaired) electrons. The number of carbonyl (C=O) groups excluding carboxylic acids is 2. The van der Waals surface area contributed by atoms with Crippen LogP contribution in [0.2, 0.25) is 0 Å². The lowest BCUT2D eigenvalue weighted by Gasteiger charge is -2.09. The number of fused-ring (bicyclic) bond motifs is 3. The first kappa shape index (κ1) is 40.5. The Morgan fingerprint density at radius 3 is 1.10 bits per heavy atom. The molecule has 0 atom stereocenters. The van der Waals surface area contributed by atoms with Crippen molar-refractivity contribution < 1.29 is 9.59 Å². The zero-order valence-corrected chi connectivity index (χ0v) is 41.6. The van der Waals surface area contributed by atoms with Gasteiger partial charge in [-0.25, -0.2) is 0 Å². The molecule has 2 aliphatic heterocycles. The molecule has 17 heteroatoms. The van der Waals surface area contributed by atoms with Crippen molar-refractivity contribution in [3.05, 3.63) is 104 Å². The van der Waals surface area contributed by atoms with E-state index in [0.717, 1.165) is 9.75 Å². The van der Waals surface area contributed by atoms with Crippen LogP contribution >= 0.6 is 139 Å². The first-order chi connectivity index (χ1) is 29.7. The Balaban J connectivity index is 0.779. The summed E-state index contributed by atoms with van der Waals surface area (Å²) in [6.45, 7) is 5.09. The maximum atomic E-state index is 12.7. The molecule has 0 aromatic carbocycles. The summed E-state index contributed by atoms with van der Waals surface area (Å²) in [6, 6.07) is 30.9. The number of carbonyl (C=O) groups is 2. The van der Waals surface area contributed by atoms with E-state index in [-0.39, 0.29) is 11.8 Å². The highest BCUT2D eigenvalue weighted by molar-refractivity contribution is 8.27. The van der Waals surface area contributed by atoms with Crippen molar-refractivity contribution in [2.45, 2.75) is 13.8 Å². The second kappa shape index (κ2) is 16.4. The number of hydrogen-bond acceptors (Lipinski definition) is 14. The summed E-state index contributed by atoms with van der Waals surface area (Å²) in [5, 5.41) is 0. The summed E-state index contributed by atoms with van der Waals surface area (Å²) in [7, 11) is 0. The molecule has 0 bridgehead atoms. The van der Waals surface area contributed by atoms with Gasteiger partial charge in [-0.3, -0.25) is 19.4 Å². The predicted molar refractivity (Wildman–Crippen MR) is 283 cm³/mol. The van der Waals surface area contributed by atoms with Gasteiger partial charge < -0.3 is 4.98 Å². The van der Waals surface area contributed by atoms with Crippen LogP contribution in [0.25, 0.3) is 91.1 Å². The number of aromatic nitrogens is 1. The maximum Gasteiger partial charge on any atom is 0.266 e. The minimum Gasteiger partial charge on any atom is -0.353 e. The Kier molecular flexibility index (Phi) is 10.9. The Bertz CT molecular complexity index is 3090. The van der Waals surface area contributed by atoms with Crippen LogP contribution in [0.15, 0.2) is 94.7 Å². The van der Waals surface area contributed by atoms with Crippen LogP contribution in [-0.2, 0) is 9.59 Å². The molecular formula is C44H27N3O2S12. The van der Waals surface area contributed by atoms with Crippen molar-refractivity contribution in [1.29, 1.82) is 0 Å². The van der Waals surface area contributed by atoms with E-state index in [1.54, 1.807) is 32.5 Å². The molecule has 11 heterocycles. The van der Waals surface area contributed by atoms with Gasteiger partial charge in [-0.2, -0.15) is 0 Å². The largest absolute Gasteiger partial charge is 0.353 e. The predicted octanol–water partition coefficient (Wildman–Crippen LogP) is 16.3. The number of thiocarbonyl (C=S) groups is 2. The molecular weight excluding hydrogens is 987 g/mol. The third kappa shape index (κ3) is 7.47. The average molecular weight is 1010 g/mol. The highest BCUT2D eigenvalue weighted by Gasteiger charge is 2.32. The fourth-order valence-electron chi connectivity index (χ4n) is 7.03. The van der Waals surface area contributed by atoms with E-state index in [2.05, 4.69) is 89.9 Å². The fourth-order valence-corrected chi connectivity index (χ4v) is 18.8. The third-order valence-corrected chi connectivity index (χ3v) is 22.8. The van der Waals surface area contributed by atoms with E-state index in [0.29, 0.717) is 31.5 Å². The summed E-state index contributed by atoms with van der Waals surface area (Å²) in [5.41, 5.74) is 2.38. The van der Waals surface area contributed by atoms with Crippen LogP contribution in [0.4, 0.5) is 0 Å². The number of thiophene rings is 8. The van der Waals surface area contributed by atoms with E-state index in [1.807, 2.05) is 94.0 Å². The minimum absolute atomic E-state index is 0.00125. The van der Waals surface area contributed by atoms with Crippen molar-refractivity contribution in [2.75, 3.05) is 13.1 Å². The van der Waals surface area contributed by atoms with Crippen molar-refractivity contribution in [3.8, 4) is 58.5 Å². The quantitative estimate of drug-likeness (QED) is 0.109. The first-order valence-corrected chi connectivity index (χ1v) is 27.8. The van der Waals surface area contributed by atoms with Gasteiger partial charge in [0.2, 0.25) is 0 Å². The summed E-state index contributed by atoms with van der Waals surface area (Å²) in [6.07, 6.45) is 3.94. The van der Waals surface area contributed by atoms with Crippen LogP contribution < -0.4 is 0 Å². The van der Waals surface area contributed by atoms with Gasteiger partial charge in [0.25, 0.3) is 11.8 Å². The van der Waals surface area contributed by atoms with Gasteiger partial charge in [0, 0.05) is 81.4 Å². The Labute approximate surface area is 401 Å². The molecule has 2 fully saturated rings. The SMILES string of the molecule is CCN1C(=O)/C(=C/c2ccc(-c3ccc(-c4ccc(-c5cc6[nH]c7cc(-c8ccc(-c9ccc(-c%10ccc(/C=C%11\SC(=S)N(CC)C%11=O)s%10)s9)s8)sc7c6s5)s4)s3)s2)SC1=S. The van der Waals surface area contributed by atoms with Gasteiger partial charge in [0.1, 0.15) is 8.64 Å². The molecule has 1 N–H and O–H groups in total. The highest BCUT2D eigenvalue weighted by Crippen LogP contribution is 2.49. The van der Waals surface area contributed by atoms with Crippen LogP contribution in [0.3, 0.4) is 0 Å². The molecule has 302 valence electrons. The highest BCUT2D eigenvalue weighted by atomic mass is 32.2. The Morgan fingerprint density at radius 1 is 0.459 bits per heavy atom. The molecule has 2 saturated heterocycles. The van der Waals surface area contributed by atoms with Gasteiger partial charge in [-0.15, -0.1) is 90.7 Å². The first-order valence-electron chi connectivity index (χ1n) is 18.9. The van der Waals surface area contributed by atoms with Crippen molar-refractivity contribution in [3.63, 3.8) is 0 Å². The number of thioether (sulfide) groups is 2. The number of nitrogens with zero attached hydrogens (tertiary/aromatic N) is 2. The zero-order valence-electron chi connectivity index (χ0n) is 31.8. The number of likely N-dealkylation sites (N-methyl/N-ethyl adjacent to an activating group) is 2. The molecule has 61 heavy (non-hydrogen) atoms. The van der Waals surface area contributed by atoms with Gasteiger partial charge in [-0.05, 0) is 111 Å². The van der Waals surface area contributed by atoms with Crippen molar-refractivity contribution in [2.24, 2.45) is 0 Å². The summed E-state index contributed by atoms with van der Waals surface area (Å²) < 4.78 is 3.89. The molecule has 0 unspecified atom stereocenters. The molecule has 0 spiro atoms. The second-order valence-corrected chi connectivity index (χ2v) is 25.8. The van der Waals surface area contributed by atoms with E-state index in [4.69, 9.17) is 24.4 Å². The van der Waals surface area contributed by atoms with Crippen molar-refractivity contribution in [1.82, 2.24) is 14.8 Å². The molecule has 2 amide bonds. The van der Waals surface area contributed by atoms with Gasteiger partial charge in [0.15, 0.2) is 0 Å². The zero-order chi connectivity index (χ0) is 41.5. The van der Waals surface area contributed by atoms with Crippen LogP contribution in [0.5, 0.6) is 0 Å². The molecule has 9 aromatic rings. The molecule has 2 aliphatic rings. The van der Waals surface area contributed by atoms with Crippen LogP contribution in [0, 0.1) is 0 Å². The molecule has 0 saturated carbocycles. The van der Waals surface area contributed by atoms with Gasteiger partial charge >= 0.3 is 0 Å². The Morgan fingerprint density at radius 2 is 0.770 bits per heavy atom. The lowest BCUT2D eigenvalue weighted by Crippen LogP contribution is -2.27. The minimum atomic E-state index is -0.00125. The van der Waals surface area contributed by atoms with Crippen LogP contribution in [-0.4, -0.2) is 48.3 Å². The topological polar surface area (TPSA) is 56.4 Å². The number of nitrogens with one attached hydrogen (secondary N) is 1. The fraction of sp³-hybridized carbons (Fsp3) is 0.0909. The summed E-state index contributed by atoms with van der Waals surface area (Å²) in [5.74, 6) is -0.00249. The third-order valence-electron chi connectivity index (χ3n) is 10.0. The second-order valence-electron chi connectivity index (χ2n) is 13.7. The lowest BCUT2D eigenvalue weighted by atomic mass is 10.3. The Hall–Kier alpha value is -3.30. The monoisotopic (exact) mass is 1010 g/mol. The smallest absolute Gasteiger partial charge is 0.266 e. The van der Waals surface area contributed by atoms with E-state index < -0.39 is 0 Å². The number of H-pyrrole nitrogens is 1. The number of amides is 2. The molecule has 11 rings (SSSR count). The van der Waals surface area contributed by atoms with Crippen LogP contribution in [0.1, 0.15) is 23.6 Å². The van der Waals surface area contributed by atoms with E-state index >= 15 is 0 Å². The van der Waals surface area contributed by atoms with Crippen molar-refractivity contribution >= 4 is 192 Å².